The second-order valence-corrected chi connectivity index (χ2v) is 6.74. The Morgan fingerprint density at radius 2 is 2.17 bits per heavy atom. The van der Waals surface area contributed by atoms with Crippen LogP contribution in [0.4, 0.5) is 0 Å². The number of fused-ring (bicyclic) bond motifs is 2. The molecule has 0 unspecified atom stereocenters. The molecule has 0 bridgehead atoms. The predicted molar refractivity (Wildman–Crippen MR) is 93.7 cm³/mol. The van der Waals surface area contributed by atoms with Crippen LogP contribution in [-0.2, 0) is 24.2 Å². The van der Waals surface area contributed by atoms with Crippen molar-refractivity contribution >= 4 is 16.8 Å². The van der Waals surface area contributed by atoms with Crippen molar-refractivity contribution < 1.29 is 4.79 Å². The fourth-order valence-electron chi connectivity index (χ4n) is 3.52. The molecule has 3 heterocycles. The van der Waals surface area contributed by atoms with Gasteiger partial charge in [0, 0.05) is 36.1 Å². The Hall–Kier alpha value is -2.56. The van der Waals surface area contributed by atoms with Gasteiger partial charge in [0.05, 0.1) is 30.7 Å². The number of carbonyl (C=O) groups excluding carboxylic acids is 1. The first-order chi connectivity index (χ1) is 11.6. The van der Waals surface area contributed by atoms with Gasteiger partial charge < -0.3 is 14.5 Å². The van der Waals surface area contributed by atoms with E-state index in [1.807, 2.05) is 35.6 Å². The topological polar surface area (TPSA) is 53.9 Å². The van der Waals surface area contributed by atoms with E-state index >= 15 is 0 Å². The van der Waals surface area contributed by atoms with E-state index < -0.39 is 0 Å². The number of rotatable bonds is 3. The van der Waals surface area contributed by atoms with Gasteiger partial charge in [0.1, 0.15) is 0 Å². The zero-order valence-electron chi connectivity index (χ0n) is 14.1. The maximum Gasteiger partial charge on any atom is 0.227 e. The average molecular weight is 322 g/mol. The van der Waals surface area contributed by atoms with Crippen LogP contribution in [0.3, 0.4) is 0 Å². The fourth-order valence-corrected chi connectivity index (χ4v) is 3.52. The third kappa shape index (κ3) is 2.50. The molecule has 0 saturated heterocycles. The van der Waals surface area contributed by atoms with Crippen molar-refractivity contribution in [3.63, 3.8) is 0 Å². The van der Waals surface area contributed by atoms with Crippen LogP contribution in [0.25, 0.3) is 10.9 Å². The highest BCUT2D eigenvalue weighted by Gasteiger charge is 2.25. The summed E-state index contributed by atoms with van der Waals surface area (Å²) in [7, 11) is 0. The number of nitrogens with one attached hydrogen (secondary N) is 1. The summed E-state index contributed by atoms with van der Waals surface area (Å²) in [6.07, 6.45) is 5.14. The average Bonchev–Trinajstić information content (AvgIpc) is 3.18. The van der Waals surface area contributed by atoms with Crippen LogP contribution in [0.5, 0.6) is 0 Å². The summed E-state index contributed by atoms with van der Waals surface area (Å²) in [5, 5.41) is 1.13. The normalized spacial score (nSPS) is 14.4. The molecular formula is C19H22N4O. The summed E-state index contributed by atoms with van der Waals surface area (Å²) in [5.74, 6) is 0.182. The molecule has 0 atom stereocenters. The van der Waals surface area contributed by atoms with Crippen molar-refractivity contribution in [1.82, 2.24) is 19.4 Å². The number of imidazole rings is 1. The Kier molecular flexibility index (Phi) is 3.63. The third-order valence-electron chi connectivity index (χ3n) is 4.87. The molecule has 4 rings (SSSR count). The summed E-state index contributed by atoms with van der Waals surface area (Å²) in [4.78, 5) is 22.5. The smallest absolute Gasteiger partial charge is 0.227 e. The molecule has 2 aromatic heterocycles. The molecule has 1 amide bonds. The fraction of sp³-hybridized carbons (Fsp3) is 0.368. The van der Waals surface area contributed by atoms with Crippen molar-refractivity contribution in [2.24, 2.45) is 0 Å². The highest BCUT2D eigenvalue weighted by Crippen LogP contribution is 2.23. The predicted octanol–water partition coefficient (Wildman–Crippen LogP) is 3.07. The number of aromatic amines is 1. The summed E-state index contributed by atoms with van der Waals surface area (Å²) >= 11 is 0. The third-order valence-corrected chi connectivity index (χ3v) is 4.87. The van der Waals surface area contributed by atoms with Crippen molar-refractivity contribution in [3.05, 3.63) is 53.7 Å². The van der Waals surface area contributed by atoms with Crippen LogP contribution in [0.2, 0.25) is 0 Å². The molecule has 24 heavy (non-hydrogen) atoms. The number of hydrogen-bond donors (Lipinski definition) is 1. The highest BCUT2D eigenvalue weighted by molar-refractivity contribution is 5.88. The summed E-state index contributed by atoms with van der Waals surface area (Å²) in [6.45, 7) is 5.71. The van der Waals surface area contributed by atoms with Gasteiger partial charge in [-0.1, -0.05) is 18.2 Å². The van der Waals surface area contributed by atoms with Crippen LogP contribution < -0.4 is 0 Å². The van der Waals surface area contributed by atoms with Gasteiger partial charge in [-0.2, -0.15) is 0 Å². The lowest BCUT2D eigenvalue weighted by Crippen LogP contribution is -2.37. The Balaban J connectivity index is 1.54. The lowest BCUT2D eigenvalue weighted by Gasteiger charge is -2.28. The first-order valence-corrected chi connectivity index (χ1v) is 8.51. The minimum Gasteiger partial charge on any atom is -0.361 e. The zero-order chi connectivity index (χ0) is 16.7. The van der Waals surface area contributed by atoms with Gasteiger partial charge in [-0.3, -0.25) is 4.79 Å². The van der Waals surface area contributed by atoms with E-state index in [4.69, 9.17) is 0 Å². The van der Waals surface area contributed by atoms with Crippen molar-refractivity contribution in [2.75, 3.05) is 6.54 Å². The van der Waals surface area contributed by atoms with Gasteiger partial charge in [-0.05, 0) is 25.5 Å². The van der Waals surface area contributed by atoms with Crippen LogP contribution in [0.1, 0.15) is 36.8 Å². The Bertz CT molecular complexity index is 890. The second-order valence-electron chi connectivity index (χ2n) is 6.74. The number of amides is 1. The first-order valence-electron chi connectivity index (χ1n) is 8.51. The Labute approximate surface area is 141 Å². The Morgan fingerprint density at radius 3 is 3.00 bits per heavy atom. The molecule has 3 aromatic rings. The van der Waals surface area contributed by atoms with E-state index in [1.54, 1.807) is 0 Å². The maximum absolute atomic E-state index is 12.8. The van der Waals surface area contributed by atoms with Gasteiger partial charge in [0.25, 0.3) is 0 Å². The SMILES string of the molecule is CC(C)n1cnc2c1CN(C(=O)Cc1c[nH]c3ccccc13)CC2. The van der Waals surface area contributed by atoms with Gasteiger partial charge in [0.2, 0.25) is 5.91 Å². The molecule has 1 aliphatic heterocycles. The number of benzene rings is 1. The molecule has 0 spiro atoms. The maximum atomic E-state index is 12.8. The highest BCUT2D eigenvalue weighted by atomic mass is 16.2. The number of carbonyl (C=O) groups is 1. The summed E-state index contributed by atoms with van der Waals surface area (Å²) in [6, 6.07) is 8.49. The molecule has 5 nitrogen and oxygen atoms in total. The van der Waals surface area contributed by atoms with E-state index in [0.717, 1.165) is 35.1 Å². The molecule has 0 saturated carbocycles. The molecule has 1 aromatic carbocycles. The van der Waals surface area contributed by atoms with E-state index in [9.17, 15) is 4.79 Å². The van der Waals surface area contributed by atoms with Crippen molar-refractivity contribution in [3.8, 4) is 0 Å². The molecule has 5 heteroatoms. The van der Waals surface area contributed by atoms with Gasteiger partial charge in [-0.15, -0.1) is 0 Å². The van der Waals surface area contributed by atoms with Gasteiger partial charge >= 0.3 is 0 Å². The first kappa shape index (κ1) is 15.0. The van der Waals surface area contributed by atoms with Crippen LogP contribution in [0, 0.1) is 0 Å². The Morgan fingerprint density at radius 1 is 1.33 bits per heavy atom. The van der Waals surface area contributed by atoms with E-state index in [0.29, 0.717) is 19.0 Å². The monoisotopic (exact) mass is 322 g/mol. The minimum absolute atomic E-state index is 0.182. The molecule has 0 aliphatic carbocycles. The molecule has 1 aliphatic rings. The lowest BCUT2D eigenvalue weighted by molar-refractivity contribution is -0.131. The standard InChI is InChI=1S/C19H22N4O/c1-13(2)23-12-21-17-7-8-22(11-18(17)23)19(24)9-14-10-20-16-6-4-3-5-15(14)16/h3-6,10,12-13,20H,7-9,11H2,1-2H3. The van der Waals surface area contributed by atoms with Crippen LogP contribution in [0.15, 0.2) is 36.8 Å². The van der Waals surface area contributed by atoms with Crippen molar-refractivity contribution in [1.29, 1.82) is 0 Å². The molecule has 1 N–H and O–H groups in total. The number of aromatic nitrogens is 3. The summed E-state index contributed by atoms with van der Waals surface area (Å²) in [5.41, 5.74) is 4.47. The van der Waals surface area contributed by atoms with Gasteiger partial charge in [0.15, 0.2) is 0 Å². The van der Waals surface area contributed by atoms with Crippen LogP contribution >= 0.6 is 0 Å². The van der Waals surface area contributed by atoms with Crippen LogP contribution in [-0.4, -0.2) is 31.9 Å². The molecular weight excluding hydrogens is 300 g/mol. The quantitative estimate of drug-likeness (QED) is 0.806. The lowest BCUT2D eigenvalue weighted by atomic mass is 10.1. The molecule has 0 fully saturated rings. The van der Waals surface area contributed by atoms with E-state index in [2.05, 4.69) is 34.4 Å². The largest absolute Gasteiger partial charge is 0.361 e. The number of hydrogen-bond acceptors (Lipinski definition) is 2. The van der Waals surface area contributed by atoms with E-state index in [-0.39, 0.29) is 5.91 Å². The number of nitrogens with zero attached hydrogens (tertiary/aromatic N) is 3. The number of para-hydroxylation sites is 1. The molecule has 124 valence electrons. The minimum atomic E-state index is 0.182. The zero-order valence-corrected chi connectivity index (χ0v) is 14.1. The second kappa shape index (κ2) is 5.82. The van der Waals surface area contributed by atoms with E-state index in [1.165, 1.54) is 5.69 Å². The molecule has 0 radical (unpaired) electrons. The van der Waals surface area contributed by atoms with Gasteiger partial charge in [-0.25, -0.2) is 4.98 Å². The van der Waals surface area contributed by atoms with Crippen molar-refractivity contribution in [2.45, 2.75) is 39.3 Å². The summed E-state index contributed by atoms with van der Waals surface area (Å²) < 4.78 is 2.18. The number of H-pyrrole nitrogens is 1.